The van der Waals surface area contributed by atoms with E-state index in [2.05, 4.69) is 31.0 Å². The Labute approximate surface area is 174 Å². The van der Waals surface area contributed by atoms with Crippen LogP contribution >= 0.6 is 0 Å². The predicted octanol–water partition coefficient (Wildman–Crippen LogP) is 2.43. The first-order valence-corrected chi connectivity index (χ1v) is 10.6. The van der Waals surface area contributed by atoms with Gasteiger partial charge in [0.05, 0.1) is 11.0 Å². The van der Waals surface area contributed by atoms with E-state index in [1.54, 1.807) is 7.05 Å². The van der Waals surface area contributed by atoms with Gasteiger partial charge in [0.2, 0.25) is 11.8 Å². The van der Waals surface area contributed by atoms with Crippen molar-refractivity contribution in [3.8, 4) is 0 Å². The van der Waals surface area contributed by atoms with Crippen molar-refractivity contribution in [2.45, 2.75) is 64.0 Å². The number of likely N-dealkylation sites (tertiary alicyclic amines) is 1. The maximum Gasteiger partial charge on any atom is 0.329 e. The summed E-state index contributed by atoms with van der Waals surface area (Å²) in [5.74, 6) is -1.13. The van der Waals surface area contributed by atoms with Crippen molar-refractivity contribution in [1.82, 2.24) is 19.4 Å². The summed E-state index contributed by atoms with van der Waals surface area (Å²) in [7, 11) is 1.67. The van der Waals surface area contributed by atoms with E-state index < -0.39 is 17.8 Å². The maximum absolute atomic E-state index is 14.7. The number of amides is 2. The fourth-order valence-electron chi connectivity index (χ4n) is 4.92. The number of hydrogen-bond donors (Lipinski definition) is 1. The van der Waals surface area contributed by atoms with Crippen LogP contribution in [0.3, 0.4) is 0 Å². The van der Waals surface area contributed by atoms with Crippen LogP contribution in [0.15, 0.2) is 16.9 Å². The van der Waals surface area contributed by atoms with Gasteiger partial charge in [-0.05, 0) is 76.7 Å². The van der Waals surface area contributed by atoms with Gasteiger partial charge in [0.15, 0.2) is 0 Å². The summed E-state index contributed by atoms with van der Waals surface area (Å²) in [5.41, 5.74) is 1.65. The second kappa shape index (κ2) is 7.34. The first kappa shape index (κ1) is 20.8. The molecule has 162 valence electrons. The lowest BCUT2D eigenvalue weighted by atomic mass is 9.86. The number of nitrogens with one attached hydrogen (secondary N) is 1. The van der Waals surface area contributed by atoms with E-state index >= 15 is 0 Å². The standard InChI is InChI=1S/C22H29FN4O3/c1-22(2,3)26-9-7-13(8-10-26)15-11-14(23)12-17-19(15)25(4)21(30)27(17)16-5-6-18(28)24-20(16)29/h11-13,16H,5-10H2,1-4H3,(H,24,28,29). The normalized spacial score (nSPS) is 22.0. The number of carbonyl (C=O) groups excluding carboxylic acids is 2. The fourth-order valence-corrected chi connectivity index (χ4v) is 4.92. The number of imidazole rings is 1. The third-order valence-electron chi connectivity index (χ3n) is 6.58. The molecule has 1 aromatic heterocycles. The number of carbonyl (C=O) groups is 2. The van der Waals surface area contributed by atoms with Gasteiger partial charge >= 0.3 is 5.69 Å². The molecule has 7 nitrogen and oxygen atoms in total. The van der Waals surface area contributed by atoms with Crippen LogP contribution < -0.4 is 11.0 Å². The zero-order valence-electron chi connectivity index (χ0n) is 18.0. The summed E-state index contributed by atoms with van der Waals surface area (Å²) in [6.07, 6.45) is 2.16. The largest absolute Gasteiger partial charge is 0.329 e. The molecule has 0 radical (unpaired) electrons. The van der Waals surface area contributed by atoms with Crippen LogP contribution in [0.2, 0.25) is 0 Å². The van der Waals surface area contributed by atoms with Gasteiger partial charge in [-0.2, -0.15) is 0 Å². The molecule has 2 amide bonds. The van der Waals surface area contributed by atoms with Crippen LogP contribution in [0.1, 0.15) is 64.0 Å². The molecule has 1 atom stereocenters. The molecule has 0 saturated carbocycles. The lowest BCUT2D eigenvalue weighted by Crippen LogP contribution is -2.45. The summed E-state index contributed by atoms with van der Waals surface area (Å²) < 4.78 is 17.5. The predicted molar refractivity (Wildman–Crippen MR) is 112 cm³/mol. The Morgan fingerprint density at radius 3 is 2.33 bits per heavy atom. The third-order valence-corrected chi connectivity index (χ3v) is 6.58. The van der Waals surface area contributed by atoms with Gasteiger partial charge in [-0.1, -0.05) is 0 Å². The Morgan fingerprint density at radius 2 is 1.73 bits per heavy atom. The number of fused-ring (bicyclic) bond motifs is 1. The van der Waals surface area contributed by atoms with Crippen LogP contribution in [0.4, 0.5) is 4.39 Å². The number of aryl methyl sites for hydroxylation is 1. The molecular formula is C22H29FN4O3. The van der Waals surface area contributed by atoms with Crippen molar-refractivity contribution >= 4 is 22.8 Å². The minimum absolute atomic E-state index is 0.0875. The molecular weight excluding hydrogens is 387 g/mol. The summed E-state index contributed by atoms with van der Waals surface area (Å²) >= 11 is 0. The fraction of sp³-hybridized carbons (Fsp3) is 0.591. The molecule has 2 aliphatic rings. The molecule has 1 aromatic carbocycles. The molecule has 0 aliphatic carbocycles. The average molecular weight is 416 g/mol. The van der Waals surface area contributed by atoms with Crippen molar-refractivity contribution in [3.63, 3.8) is 0 Å². The molecule has 4 rings (SSSR count). The van der Waals surface area contributed by atoms with Crippen LogP contribution in [0, 0.1) is 5.82 Å². The molecule has 3 heterocycles. The van der Waals surface area contributed by atoms with Crippen molar-refractivity contribution in [3.05, 3.63) is 34.0 Å². The van der Waals surface area contributed by atoms with E-state index in [0.717, 1.165) is 31.5 Å². The molecule has 0 spiro atoms. The average Bonchev–Trinajstić information content (AvgIpc) is 2.91. The number of benzene rings is 1. The summed E-state index contributed by atoms with van der Waals surface area (Å²) in [5, 5.41) is 2.29. The molecule has 2 aromatic rings. The SMILES string of the molecule is Cn1c(=O)n(C2CCC(=O)NC2=O)c2cc(F)cc(C3CCN(C(C)(C)C)CC3)c21. The van der Waals surface area contributed by atoms with E-state index in [9.17, 15) is 18.8 Å². The molecule has 0 bridgehead atoms. The van der Waals surface area contributed by atoms with Gasteiger partial charge in [0.1, 0.15) is 11.9 Å². The third kappa shape index (κ3) is 3.47. The molecule has 2 aliphatic heterocycles. The zero-order valence-corrected chi connectivity index (χ0v) is 18.0. The monoisotopic (exact) mass is 416 g/mol. The molecule has 2 saturated heterocycles. The second-order valence-electron chi connectivity index (χ2n) is 9.47. The topological polar surface area (TPSA) is 76.3 Å². The lowest BCUT2D eigenvalue weighted by Gasteiger charge is -2.41. The number of piperidine rings is 2. The van der Waals surface area contributed by atoms with E-state index in [-0.39, 0.29) is 35.9 Å². The minimum Gasteiger partial charge on any atom is -0.298 e. The Kier molecular flexibility index (Phi) is 5.08. The summed E-state index contributed by atoms with van der Waals surface area (Å²) in [6, 6.07) is 2.05. The van der Waals surface area contributed by atoms with Crippen LogP contribution in [0.25, 0.3) is 11.0 Å². The Morgan fingerprint density at radius 1 is 1.07 bits per heavy atom. The van der Waals surface area contributed by atoms with Crippen molar-refractivity contribution in [2.24, 2.45) is 7.05 Å². The molecule has 1 unspecified atom stereocenters. The molecule has 2 fully saturated rings. The van der Waals surface area contributed by atoms with Crippen molar-refractivity contribution < 1.29 is 14.0 Å². The Balaban J connectivity index is 1.78. The number of halogens is 1. The van der Waals surface area contributed by atoms with Gasteiger partial charge in [-0.25, -0.2) is 9.18 Å². The van der Waals surface area contributed by atoms with Gasteiger partial charge in [0.25, 0.3) is 0 Å². The highest BCUT2D eigenvalue weighted by molar-refractivity contribution is 6.00. The number of nitrogens with zero attached hydrogens (tertiary/aromatic N) is 3. The van der Waals surface area contributed by atoms with Crippen molar-refractivity contribution in [2.75, 3.05) is 13.1 Å². The van der Waals surface area contributed by atoms with Crippen LogP contribution in [-0.4, -0.2) is 44.5 Å². The minimum atomic E-state index is -0.809. The molecule has 30 heavy (non-hydrogen) atoms. The lowest BCUT2D eigenvalue weighted by molar-refractivity contribution is -0.135. The van der Waals surface area contributed by atoms with Crippen molar-refractivity contribution in [1.29, 1.82) is 0 Å². The highest BCUT2D eigenvalue weighted by atomic mass is 19.1. The Hall–Kier alpha value is -2.48. The highest BCUT2D eigenvalue weighted by Crippen LogP contribution is 2.36. The van der Waals surface area contributed by atoms with E-state index in [0.29, 0.717) is 11.0 Å². The maximum atomic E-state index is 14.7. The number of imide groups is 1. The quantitative estimate of drug-likeness (QED) is 0.763. The number of rotatable bonds is 2. The summed E-state index contributed by atoms with van der Waals surface area (Å²) in [6.45, 7) is 8.40. The van der Waals surface area contributed by atoms with E-state index in [1.165, 1.54) is 21.3 Å². The van der Waals surface area contributed by atoms with Crippen LogP contribution in [0.5, 0.6) is 0 Å². The van der Waals surface area contributed by atoms with Crippen LogP contribution in [-0.2, 0) is 16.6 Å². The first-order valence-electron chi connectivity index (χ1n) is 10.6. The van der Waals surface area contributed by atoms with E-state index in [1.807, 2.05) is 0 Å². The zero-order chi connectivity index (χ0) is 21.8. The second-order valence-corrected chi connectivity index (χ2v) is 9.47. The van der Waals surface area contributed by atoms with Gasteiger partial charge in [-0.15, -0.1) is 0 Å². The molecule has 8 heteroatoms. The number of hydrogen-bond acceptors (Lipinski definition) is 4. The van der Waals surface area contributed by atoms with Gasteiger partial charge in [0, 0.05) is 19.0 Å². The highest BCUT2D eigenvalue weighted by Gasteiger charge is 2.34. The Bertz CT molecular complexity index is 1070. The summed E-state index contributed by atoms with van der Waals surface area (Å²) in [4.78, 5) is 39.4. The smallest absolute Gasteiger partial charge is 0.298 e. The van der Waals surface area contributed by atoms with E-state index in [4.69, 9.17) is 0 Å². The number of aromatic nitrogens is 2. The first-order chi connectivity index (χ1) is 14.1. The van der Waals surface area contributed by atoms with Gasteiger partial charge < -0.3 is 0 Å². The van der Waals surface area contributed by atoms with Gasteiger partial charge in [-0.3, -0.25) is 28.9 Å². The molecule has 1 N–H and O–H groups in total.